The van der Waals surface area contributed by atoms with Gasteiger partial charge in [0, 0.05) is 17.9 Å². The molecule has 1 aliphatic heterocycles. The van der Waals surface area contributed by atoms with Crippen LogP contribution >= 0.6 is 22.6 Å². The Hall–Kier alpha value is 0.550. The predicted molar refractivity (Wildman–Crippen MR) is 51.6 cm³/mol. The third-order valence-electron chi connectivity index (χ3n) is 3.44. The van der Waals surface area contributed by atoms with Crippen molar-refractivity contribution in [2.45, 2.75) is 19.3 Å². The summed E-state index contributed by atoms with van der Waals surface area (Å²) in [6, 6.07) is 0. The van der Waals surface area contributed by atoms with Crippen LogP contribution in [0.5, 0.6) is 0 Å². The first-order valence-corrected chi connectivity index (χ1v) is 5.71. The molecule has 0 spiro atoms. The van der Waals surface area contributed by atoms with Crippen LogP contribution in [0.2, 0.25) is 0 Å². The van der Waals surface area contributed by atoms with Gasteiger partial charge in [0.1, 0.15) is 0 Å². The second-order valence-corrected chi connectivity index (χ2v) is 4.72. The van der Waals surface area contributed by atoms with Gasteiger partial charge in [-0.2, -0.15) is 0 Å². The van der Waals surface area contributed by atoms with Crippen LogP contribution in [0, 0.1) is 11.3 Å². The minimum Gasteiger partial charge on any atom is -0.294 e. The van der Waals surface area contributed by atoms with Crippen molar-refractivity contribution >= 4 is 22.6 Å². The largest absolute Gasteiger partial charge is 0.294 e. The number of fused-ring (bicyclic) bond motifs is 1. The number of alkyl halides is 3. The van der Waals surface area contributed by atoms with E-state index in [1.807, 2.05) is 0 Å². The quantitative estimate of drug-likeness (QED) is 0.406. The van der Waals surface area contributed by atoms with E-state index in [0.29, 0.717) is 13.0 Å². The molecule has 1 heterocycles. The molecule has 12 heavy (non-hydrogen) atoms. The second kappa shape index (κ2) is 2.53. The van der Waals surface area contributed by atoms with Gasteiger partial charge in [0.2, 0.25) is 0 Å². The molecule has 0 amide bonds. The highest BCUT2D eigenvalue weighted by Crippen LogP contribution is 2.69. The molecule has 0 bridgehead atoms. The van der Waals surface area contributed by atoms with Crippen molar-refractivity contribution in [1.29, 1.82) is 0 Å². The molecule has 0 aromatic rings. The lowest BCUT2D eigenvalue weighted by Crippen LogP contribution is -2.32. The van der Waals surface area contributed by atoms with Crippen molar-refractivity contribution in [3.8, 4) is 0 Å². The van der Waals surface area contributed by atoms with Gasteiger partial charge in [0.05, 0.1) is 4.55 Å². The number of halogens is 3. The third kappa shape index (κ3) is 0.967. The summed E-state index contributed by atoms with van der Waals surface area (Å²) in [5.41, 5.74) is -0.657. The maximum absolute atomic E-state index is 13.2. The summed E-state index contributed by atoms with van der Waals surface area (Å²) < 4.78 is 27.2. The first kappa shape index (κ1) is 9.12. The molecule has 2 atom stereocenters. The van der Waals surface area contributed by atoms with Gasteiger partial charge in [-0.05, 0) is 13.0 Å². The Morgan fingerprint density at radius 3 is 2.75 bits per heavy atom. The maximum atomic E-state index is 13.2. The van der Waals surface area contributed by atoms with Crippen molar-refractivity contribution in [1.82, 2.24) is 4.90 Å². The average molecular weight is 287 g/mol. The summed E-state index contributed by atoms with van der Waals surface area (Å²) in [6.07, 6.45) is 0.660. The molecule has 1 nitrogen and oxygen atoms in total. The van der Waals surface area contributed by atoms with Gasteiger partial charge in [-0.25, -0.2) is 8.78 Å². The Morgan fingerprint density at radius 1 is 1.58 bits per heavy atom. The fourth-order valence-corrected chi connectivity index (χ4v) is 2.80. The van der Waals surface area contributed by atoms with E-state index in [1.54, 1.807) is 6.92 Å². The smallest absolute Gasteiger partial charge is 0.258 e. The molecule has 1 saturated carbocycles. The lowest BCUT2D eigenvalue weighted by molar-refractivity contribution is 0.0636. The molecular formula is C8H12F2IN. The van der Waals surface area contributed by atoms with Gasteiger partial charge in [-0.15, -0.1) is 0 Å². The van der Waals surface area contributed by atoms with Gasteiger partial charge in [0.15, 0.2) is 0 Å². The van der Waals surface area contributed by atoms with Crippen LogP contribution in [0.1, 0.15) is 13.3 Å². The van der Waals surface area contributed by atoms with Crippen LogP contribution in [0.15, 0.2) is 0 Å². The molecule has 0 aromatic heterocycles. The minimum atomic E-state index is -2.38. The van der Waals surface area contributed by atoms with Crippen LogP contribution in [0.4, 0.5) is 8.78 Å². The summed E-state index contributed by atoms with van der Waals surface area (Å²) in [7, 11) is 0. The van der Waals surface area contributed by atoms with Crippen LogP contribution in [0.3, 0.4) is 0 Å². The Balaban J connectivity index is 2.08. The molecule has 0 radical (unpaired) electrons. The van der Waals surface area contributed by atoms with Gasteiger partial charge in [-0.3, -0.25) is 4.90 Å². The number of likely N-dealkylation sites (tertiary alicyclic amines) is 1. The number of rotatable bonds is 1. The van der Waals surface area contributed by atoms with E-state index in [4.69, 9.17) is 0 Å². The lowest BCUT2D eigenvalue weighted by Gasteiger charge is -2.25. The van der Waals surface area contributed by atoms with E-state index in [9.17, 15) is 8.78 Å². The van der Waals surface area contributed by atoms with E-state index < -0.39 is 11.3 Å². The summed E-state index contributed by atoms with van der Waals surface area (Å²) in [4.78, 5) is 2.11. The van der Waals surface area contributed by atoms with E-state index in [0.717, 1.165) is 11.1 Å². The molecule has 2 rings (SSSR count). The van der Waals surface area contributed by atoms with Crippen LogP contribution < -0.4 is 0 Å². The van der Waals surface area contributed by atoms with Gasteiger partial charge < -0.3 is 0 Å². The fraction of sp³-hybridized carbons (Fsp3) is 1.00. The van der Waals surface area contributed by atoms with Crippen LogP contribution in [-0.2, 0) is 0 Å². The Morgan fingerprint density at radius 2 is 2.25 bits per heavy atom. The third-order valence-corrected chi connectivity index (χ3v) is 4.41. The molecule has 0 N–H and O–H groups in total. The normalized spacial score (nSPS) is 45.5. The van der Waals surface area contributed by atoms with Crippen LogP contribution in [-0.4, -0.2) is 28.5 Å². The van der Waals surface area contributed by atoms with E-state index >= 15 is 0 Å². The molecule has 1 aliphatic carbocycles. The molecule has 1 saturated heterocycles. The van der Waals surface area contributed by atoms with Crippen molar-refractivity contribution in [2.75, 3.05) is 17.6 Å². The summed E-state index contributed by atoms with van der Waals surface area (Å²) in [6.45, 7) is 3.15. The van der Waals surface area contributed by atoms with E-state index in [2.05, 4.69) is 27.5 Å². The van der Waals surface area contributed by atoms with Crippen molar-refractivity contribution in [3.05, 3.63) is 0 Å². The molecule has 2 fully saturated rings. The van der Waals surface area contributed by atoms with E-state index in [1.165, 1.54) is 0 Å². The van der Waals surface area contributed by atoms with Crippen molar-refractivity contribution in [2.24, 2.45) is 11.3 Å². The van der Waals surface area contributed by atoms with Crippen molar-refractivity contribution in [3.63, 3.8) is 0 Å². The summed E-state index contributed by atoms with van der Waals surface area (Å²) >= 11 is 2.23. The zero-order valence-electron chi connectivity index (χ0n) is 6.99. The standard InChI is InChI=1S/C8H12F2IN/c1-7-2-3-12(5-11)4-6(7)8(7,9)10/h6H,2-5H2,1H3. The Kier molecular flexibility index (Phi) is 1.92. The highest BCUT2D eigenvalue weighted by Gasteiger charge is 2.78. The number of nitrogens with zero attached hydrogens (tertiary/aromatic N) is 1. The zero-order valence-corrected chi connectivity index (χ0v) is 9.14. The van der Waals surface area contributed by atoms with E-state index in [-0.39, 0.29) is 5.92 Å². The molecule has 70 valence electrons. The molecule has 2 unspecified atom stereocenters. The topological polar surface area (TPSA) is 3.24 Å². The number of hydrogen-bond acceptors (Lipinski definition) is 1. The molecule has 2 aliphatic rings. The molecular weight excluding hydrogens is 275 g/mol. The second-order valence-electron chi connectivity index (χ2n) is 4.04. The SMILES string of the molecule is CC12CCN(CI)CC1C2(F)F. The number of hydrogen-bond donors (Lipinski definition) is 0. The lowest BCUT2D eigenvalue weighted by atomic mass is 9.98. The summed E-state index contributed by atoms with van der Waals surface area (Å²) in [5, 5.41) is 0. The predicted octanol–water partition coefficient (Wildman–Crippen LogP) is 2.36. The zero-order chi connectivity index (χ0) is 8.98. The highest BCUT2D eigenvalue weighted by molar-refractivity contribution is 14.1. The molecule has 4 heteroatoms. The fourth-order valence-electron chi connectivity index (χ4n) is 2.18. The maximum Gasteiger partial charge on any atom is 0.258 e. The monoisotopic (exact) mass is 287 g/mol. The van der Waals surface area contributed by atoms with Gasteiger partial charge >= 0.3 is 0 Å². The van der Waals surface area contributed by atoms with Crippen LogP contribution in [0.25, 0.3) is 0 Å². The Labute approximate surface area is 84.6 Å². The Bertz CT molecular complexity index is 209. The van der Waals surface area contributed by atoms with Gasteiger partial charge in [-0.1, -0.05) is 29.5 Å². The number of piperidine rings is 1. The summed E-state index contributed by atoms with van der Waals surface area (Å²) in [5.74, 6) is -2.75. The highest BCUT2D eigenvalue weighted by atomic mass is 127. The first-order chi connectivity index (χ1) is 5.52. The van der Waals surface area contributed by atoms with Gasteiger partial charge in [0.25, 0.3) is 5.92 Å². The molecule has 0 aromatic carbocycles. The first-order valence-electron chi connectivity index (χ1n) is 4.18. The minimum absolute atomic E-state index is 0.367. The van der Waals surface area contributed by atoms with Crippen molar-refractivity contribution < 1.29 is 8.78 Å². The average Bonchev–Trinajstić information content (AvgIpc) is 2.47.